The van der Waals surface area contributed by atoms with Crippen LogP contribution in [0.1, 0.15) is 41.0 Å². The van der Waals surface area contributed by atoms with Crippen molar-refractivity contribution in [2.75, 3.05) is 19.0 Å². The van der Waals surface area contributed by atoms with Gasteiger partial charge >= 0.3 is 8.60 Å². The molecule has 0 aliphatic carbocycles. The van der Waals surface area contributed by atoms with Gasteiger partial charge in [0.2, 0.25) is 0 Å². The average Bonchev–Trinajstić information content (AvgIpc) is 2.37. The molecule has 0 saturated heterocycles. The third kappa shape index (κ3) is 11.5. The Hall–Kier alpha value is 0.250. The number of hydrogen-bond donors (Lipinski definition) is 2. The van der Waals surface area contributed by atoms with Crippen molar-refractivity contribution < 1.29 is 23.5 Å². The van der Waals surface area contributed by atoms with Crippen LogP contribution in [-0.4, -0.2) is 41.3 Å². The monoisotopic (exact) mass is 341 g/mol. The average molecular weight is 341 g/mol. The maximum Gasteiger partial charge on any atom is 0.329 e. The molecule has 0 aromatic heterocycles. The molecule has 21 heavy (non-hydrogen) atoms. The highest BCUT2D eigenvalue weighted by Crippen LogP contribution is 2.33. The predicted molar refractivity (Wildman–Crippen MR) is 86.8 cm³/mol. The smallest absolute Gasteiger partial charge is 0.329 e. The molecule has 0 saturated carbocycles. The summed E-state index contributed by atoms with van der Waals surface area (Å²) in [4.78, 5) is 21.2. The minimum atomic E-state index is -1.95. The lowest BCUT2D eigenvalue weighted by atomic mass is 10.00. The van der Waals surface area contributed by atoms with Crippen LogP contribution in [0, 0.1) is 5.41 Å². The van der Waals surface area contributed by atoms with E-state index in [0.29, 0.717) is 5.75 Å². The number of nitrogens with two attached hydrogens (primary N) is 1. The third-order valence-corrected chi connectivity index (χ3v) is 4.38. The molecule has 0 aromatic rings. The van der Waals surface area contributed by atoms with E-state index in [2.05, 4.69) is 0 Å². The van der Waals surface area contributed by atoms with Crippen molar-refractivity contribution in [1.29, 1.82) is 0 Å². The van der Waals surface area contributed by atoms with Crippen molar-refractivity contribution >= 4 is 25.5 Å². The van der Waals surface area contributed by atoms with Crippen LogP contribution in [0.5, 0.6) is 0 Å². The minimum Gasteiger partial charge on any atom is -0.358 e. The van der Waals surface area contributed by atoms with Crippen LogP contribution < -0.4 is 5.73 Å². The molecule has 0 fully saturated rings. The maximum atomic E-state index is 11.7. The molecular formula is C13H28NO5PS. The first-order valence-electron chi connectivity index (χ1n) is 7.00. The second-order valence-corrected chi connectivity index (χ2v) is 7.68. The fourth-order valence-electron chi connectivity index (χ4n) is 1.21. The van der Waals surface area contributed by atoms with Crippen molar-refractivity contribution in [3.05, 3.63) is 0 Å². The van der Waals surface area contributed by atoms with Crippen molar-refractivity contribution in [2.24, 2.45) is 11.1 Å². The zero-order valence-electron chi connectivity index (χ0n) is 13.5. The standard InChI is InChI=1S/C13H28NO5PS/c1-6-11(19-10(2)14)9-18-20(16)17-7-8-21-12(15)13(3,4)5/h10-11,16H,6-9,14H2,1-5H3. The van der Waals surface area contributed by atoms with Crippen LogP contribution in [0.25, 0.3) is 0 Å². The summed E-state index contributed by atoms with van der Waals surface area (Å²) in [7, 11) is -1.95. The molecule has 0 rings (SSSR count). The number of rotatable bonds is 10. The van der Waals surface area contributed by atoms with E-state index in [4.69, 9.17) is 19.5 Å². The second-order valence-electron chi connectivity index (χ2n) is 5.62. The molecule has 0 aromatic carbocycles. The van der Waals surface area contributed by atoms with Gasteiger partial charge in [-0.2, -0.15) is 0 Å². The van der Waals surface area contributed by atoms with Gasteiger partial charge in [0.1, 0.15) is 6.23 Å². The highest BCUT2D eigenvalue weighted by atomic mass is 32.2. The molecule has 0 bridgehead atoms. The van der Waals surface area contributed by atoms with Gasteiger partial charge in [-0.25, -0.2) is 0 Å². The van der Waals surface area contributed by atoms with Gasteiger partial charge in [-0.05, 0) is 13.3 Å². The van der Waals surface area contributed by atoms with Gasteiger partial charge in [-0.1, -0.05) is 39.5 Å². The van der Waals surface area contributed by atoms with E-state index >= 15 is 0 Å². The van der Waals surface area contributed by atoms with Gasteiger partial charge < -0.3 is 24.4 Å². The molecular weight excluding hydrogens is 313 g/mol. The summed E-state index contributed by atoms with van der Waals surface area (Å²) < 4.78 is 15.7. The highest BCUT2D eigenvalue weighted by molar-refractivity contribution is 8.13. The quantitative estimate of drug-likeness (QED) is 0.358. The molecule has 8 heteroatoms. The zero-order valence-corrected chi connectivity index (χ0v) is 15.2. The number of ether oxygens (including phenoxy) is 1. The minimum absolute atomic E-state index is 0.102. The molecule has 0 amide bonds. The van der Waals surface area contributed by atoms with Crippen molar-refractivity contribution in [3.8, 4) is 0 Å². The molecule has 3 unspecified atom stereocenters. The van der Waals surface area contributed by atoms with Gasteiger partial charge in [-0.15, -0.1) is 0 Å². The van der Waals surface area contributed by atoms with Crippen LogP contribution in [0.3, 0.4) is 0 Å². The van der Waals surface area contributed by atoms with Crippen molar-refractivity contribution in [3.63, 3.8) is 0 Å². The van der Waals surface area contributed by atoms with E-state index in [1.54, 1.807) is 6.92 Å². The molecule has 0 radical (unpaired) electrons. The molecule has 126 valence electrons. The predicted octanol–water partition coefficient (Wildman–Crippen LogP) is 2.64. The Morgan fingerprint density at radius 2 is 2.00 bits per heavy atom. The Bertz CT molecular complexity index is 299. The Balaban J connectivity index is 3.76. The van der Waals surface area contributed by atoms with Gasteiger partial charge in [0.05, 0.1) is 19.3 Å². The number of carbonyl (C=O) groups excluding carboxylic acids is 1. The summed E-state index contributed by atoms with van der Waals surface area (Å²) in [5.74, 6) is 0.492. The first-order valence-corrected chi connectivity index (χ1v) is 9.11. The number of hydrogen-bond acceptors (Lipinski definition) is 7. The summed E-state index contributed by atoms with van der Waals surface area (Å²) in [6, 6.07) is 0. The van der Waals surface area contributed by atoms with E-state index in [1.807, 2.05) is 27.7 Å². The summed E-state index contributed by atoms with van der Waals surface area (Å²) in [6.07, 6.45) is 0.201. The SMILES string of the molecule is CCC(COP(O)OCCSC(=O)C(C)(C)C)OC(C)N. The van der Waals surface area contributed by atoms with Crippen LogP contribution in [0.15, 0.2) is 0 Å². The second kappa shape index (κ2) is 10.9. The van der Waals surface area contributed by atoms with Gasteiger partial charge in [-0.3, -0.25) is 4.79 Å². The highest BCUT2D eigenvalue weighted by Gasteiger charge is 2.21. The summed E-state index contributed by atoms with van der Waals surface area (Å²) in [5, 5.41) is 0.102. The molecule has 0 spiro atoms. The summed E-state index contributed by atoms with van der Waals surface area (Å²) in [5.41, 5.74) is 5.17. The van der Waals surface area contributed by atoms with E-state index < -0.39 is 8.60 Å². The van der Waals surface area contributed by atoms with Crippen LogP contribution in [-0.2, 0) is 18.6 Å². The van der Waals surface area contributed by atoms with E-state index in [9.17, 15) is 9.69 Å². The summed E-state index contributed by atoms with van der Waals surface area (Å²) >= 11 is 1.20. The largest absolute Gasteiger partial charge is 0.358 e. The Morgan fingerprint density at radius 3 is 2.48 bits per heavy atom. The lowest BCUT2D eigenvalue weighted by molar-refractivity contribution is -0.117. The van der Waals surface area contributed by atoms with Crippen LogP contribution in [0.4, 0.5) is 0 Å². The maximum absolute atomic E-state index is 11.7. The van der Waals surface area contributed by atoms with Crippen molar-refractivity contribution in [2.45, 2.75) is 53.4 Å². The zero-order chi connectivity index (χ0) is 16.5. The van der Waals surface area contributed by atoms with Crippen LogP contribution >= 0.6 is 20.4 Å². The molecule has 3 atom stereocenters. The lowest BCUT2D eigenvalue weighted by Crippen LogP contribution is -2.29. The summed E-state index contributed by atoms with van der Waals surface area (Å²) in [6.45, 7) is 9.79. The Morgan fingerprint density at radius 1 is 1.38 bits per heavy atom. The first-order chi connectivity index (χ1) is 9.66. The van der Waals surface area contributed by atoms with Gasteiger partial charge in [0.15, 0.2) is 5.12 Å². The number of carbonyl (C=O) groups is 1. The fourth-order valence-corrected chi connectivity index (χ4v) is 2.73. The topological polar surface area (TPSA) is 91.0 Å². The Kier molecular flexibility index (Phi) is 11.0. The number of thioether (sulfide) groups is 1. The Labute approximate surface area is 133 Å². The molecule has 6 nitrogen and oxygen atoms in total. The molecule has 0 heterocycles. The first kappa shape index (κ1) is 21.2. The van der Waals surface area contributed by atoms with E-state index in [-0.39, 0.29) is 36.1 Å². The van der Waals surface area contributed by atoms with Crippen molar-refractivity contribution in [1.82, 2.24) is 0 Å². The van der Waals surface area contributed by atoms with Gasteiger partial charge in [0.25, 0.3) is 0 Å². The van der Waals surface area contributed by atoms with E-state index in [1.165, 1.54) is 11.8 Å². The lowest BCUT2D eigenvalue weighted by Gasteiger charge is -2.20. The van der Waals surface area contributed by atoms with E-state index in [0.717, 1.165) is 6.42 Å². The molecule has 3 N–H and O–H groups in total. The van der Waals surface area contributed by atoms with Crippen LogP contribution in [0.2, 0.25) is 0 Å². The third-order valence-electron chi connectivity index (χ3n) is 2.36. The normalized spacial score (nSPS) is 16.5. The molecule has 0 aliphatic rings. The molecule has 0 aliphatic heterocycles. The fraction of sp³-hybridized carbons (Fsp3) is 0.923. The van der Waals surface area contributed by atoms with Gasteiger partial charge in [0, 0.05) is 11.2 Å².